The van der Waals surface area contributed by atoms with E-state index in [1.807, 2.05) is 12.1 Å². The average molecular weight is 302 g/mol. The topological polar surface area (TPSA) is 20.3 Å². The number of ketones is 1. The summed E-state index contributed by atoms with van der Waals surface area (Å²) in [5.41, 5.74) is 0. The molecule has 0 saturated carbocycles. The summed E-state index contributed by atoms with van der Waals surface area (Å²) in [4.78, 5) is 15.1. The van der Waals surface area contributed by atoms with Crippen LogP contribution in [0.25, 0.3) is 0 Å². The van der Waals surface area contributed by atoms with Crippen LogP contribution in [-0.4, -0.2) is 30.3 Å². The summed E-state index contributed by atoms with van der Waals surface area (Å²) in [5, 5.41) is 0. The van der Waals surface area contributed by atoms with Crippen molar-refractivity contribution in [2.24, 2.45) is 5.92 Å². The van der Waals surface area contributed by atoms with E-state index in [0.717, 1.165) is 27.7 Å². The first-order valence-corrected chi connectivity index (χ1v) is 7.27. The number of carbonyl (C=O) groups excluding carboxylic acids is 1. The van der Waals surface area contributed by atoms with Gasteiger partial charge in [-0.3, -0.25) is 9.69 Å². The Labute approximate surface area is 109 Å². The highest BCUT2D eigenvalue weighted by Gasteiger charge is 2.19. The lowest BCUT2D eigenvalue weighted by Gasteiger charge is -2.29. The van der Waals surface area contributed by atoms with Gasteiger partial charge in [-0.2, -0.15) is 0 Å². The minimum Gasteiger partial charge on any atom is -0.296 e. The maximum atomic E-state index is 12.0. The van der Waals surface area contributed by atoms with Gasteiger partial charge in [0, 0.05) is 6.54 Å². The van der Waals surface area contributed by atoms with Crippen LogP contribution in [0.3, 0.4) is 0 Å². The van der Waals surface area contributed by atoms with Crippen molar-refractivity contribution in [1.82, 2.24) is 4.90 Å². The molecule has 1 aromatic rings. The number of halogens is 1. The molecule has 0 amide bonds. The first-order chi connectivity index (χ1) is 7.65. The molecule has 1 unspecified atom stereocenters. The Morgan fingerprint density at radius 1 is 1.62 bits per heavy atom. The zero-order valence-corrected chi connectivity index (χ0v) is 11.8. The summed E-state index contributed by atoms with van der Waals surface area (Å²) >= 11 is 4.91. The fraction of sp³-hybridized carbons (Fsp3) is 0.583. The van der Waals surface area contributed by atoms with Gasteiger partial charge in [-0.15, -0.1) is 11.3 Å². The molecule has 0 aromatic carbocycles. The van der Waals surface area contributed by atoms with E-state index in [0.29, 0.717) is 6.54 Å². The van der Waals surface area contributed by atoms with Crippen LogP contribution in [0.5, 0.6) is 0 Å². The third kappa shape index (κ3) is 3.15. The molecule has 2 nitrogen and oxygen atoms in total. The molecule has 88 valence electrons. The van der Waals surface area contributed by atoms with Crippen molar-refractivity contribution in [1.29, 1.82) is 0 Å². The van der Waals surface area contributed by atoms with Crippen LogP contribution in [0, 0.1) is 5.92 Å². The summed E-state index contributed by atoms with van der Waals surface area (Å²) in [6.45, 7) is 4.98. The second-order valence-electron chi connectivity index (χ2n) is 4.51. The lowest BCUT2D eigenvalue weighted by Crippen LogP contribution is -2.37. The van der Waals surface area contributed by atoms with Crippen LogP contribution < -0.4 is 0 Å². The zero-order valence-electron chi connectivity index (χ0n) is 9.41. The first kappa shape index (κ1) is 12.3. The molecule has 2 rings (SSSR count). The summed E-state index contributed by atoms with van der Waals surface area (Å²) < 4.78 is 1.03. The number of nitrogens with zero attached hydrogens (tertiary/aromatic N) is 1. The van der Waals surface area contributed by atoms with Gasteiger partial charge in [0.05, 0.1) is 15.2 Å². The molecule has 0 aliphatic carbocycles. The number of piperidine rings is 1. The van der Waals surface area contributed by atoms with Crippen molar-refractivity contribution in [2.75, 3.05) is 19.6 Å². The van der Waals surface area contributed by atoms with E-state index < -0.39 is 0 Å². The van der Waals surface area contributed by atoms with Gasteiger partial charge >= 0.3 is 0 Å². The lowest BCUT2D eigenvalue weighted by atomic mass is 10.0. The monoisotopic (exact) mass is 301 g/mol. The van der Waals surface area contributed by atoms with E-state index in [1.54, 1.807) is 0 Å². The van der Waals surface area contributed by atoms with Crippen molar-refractivity contribution >= 4 is 33.0 Å². The van der Waals surface area contributed by atoms with Crippen LogP contribution in [0.4, 0.5) is 0 Å². The standard InChI is InChI=1S/C12H16BrNOS/c1-9-3-2-6-14(7-9)8-10(15)11-4-5-12(13)16-11/h4-5,9H,2-3,6-8H2,1H3. The Morgan fingerprint density at radius 3 is 3.06 bits per heavy atom. The highest BCUT2D eigenvalue weighted by Crippen LogP contribution is 2.23. The third-order valence-electron chi connectivity index (χ3n) is 2.96. The van der Waals surface area contributed by atoms with Crippen molar-refractivity contribution in [3.05, 3.63) is 20.8 Å². The van der Waals surface area contributed by atoms with Gasteiger partial charge in [0.15, 0.2) is 5.78 Å². The van der Waals surface area contributed by atoms with E-state index in [9.17, 15) is 4.79 Å². The molecule has 0 spiro atoms. The van der Waals surface area contributed by atoms with Gasteiger partial charge in [-0.1, -0.05) is 6.92 Å². The van der Waals surface area contributed by atoms with E-state index in [-0.39, 0.29) is 5.78 Å². The fourth-order valence-corrected chi connectivity index (χ4v) is 3.49. The summed E-state index contributed by atoms with van der Waals surface area (Å²) in [6.07, 6.45) is 2.53. The molecule has 16 heavy (non-hydrogen) atoms. The van der Waals surface area contributed by atoms with Crippen LogP contribution in [0.1, 0.15) is 29.4 Å². The lowest BCUT2D eigenvalue weighted by molar-refractivity contribution is 0.0897. The Bertz CT molecular complexity index is 377. The largest absolute Gasteiger partial charge is 0.296 e. The fourth-order valence-electron chi connectivity index (χ4n) is 2.18. The Hall–Kier alpha value is -0.190. The molecule has 1 saturated heterocycles. The van der Waals surface area contributed by atoms with Gasteiger partial charge in [0.1, 0.15) is 0 Å². The average Bonchev–Trinajstić information content (AvgIpc) is 2.65. The van der Waals surface area contributed by atoms with Crippen LogP contribution >= 0.6 is 27.3 Å². The van der Waals surface area contributed by atoms with Gasteiger partial charge in [0.2, 0.25) is 0 Å². The van der Waals surface area contributed by atoms with Gasteiger partial charge in [-0.25, -0.2) is 0 Å². The Kier molecular flexibility index (Phi) is 4.16. The summed E-state index contributed by atoms with van der Waals surface area (Å²) in [5.74, 6) is 0.987. The van der Waals surface area contributed by atoms with Gasteiger partial charge in [-0.05, 0) is 53.4 Å². The minimum absolute atomic E-state index is 0.254. The zero-order chi connectivity index (χ0) is 11.5. The van der Waals surface area contributed by atoms with Gasteiger partial charge < -0.3 is 0 Å². The quantitative estimate of drug-likeness (QED) is 0.797. The molecule has 1 aliphatic rings. The number of hydrogen-bond donors (Lipinski definition) is 0. The van der Waals surface area contributed by atoms with Crippen molar-refractivity contribution in [3.8, 4) is 0 Å². The van der Waals surface area contributed by atoms with E-state index >= 15 is 0 Å². The second kappa shape index (κ2) is 5.43. The molecule has 4 heteroatoms. The molecule has 1 atom stereocenters. The maximum absolute atomic E-state index is 12.0. The van der Waals surface area contributed by atoms with E-state index in [2.05, 4.69) is 27.8 Å². The smallest absolute Gasteiger partial charge is 0.186 e. The molecule has 1 fully saturated rings. The molecule has 2 heterocycles. The van der Waals surface area contributed by atoms with E-state index in [4.69, 9.17) is 0 Å². The maximum Gasteiger partial charge on any atom is 0.186 e. The minimum atomic E-state index is 0.254. The Morgan fingerprint density at radius 2 is 2.44 bits per heavy atom. The Balaban J connectivity index is 1.92. The van der Waals surface area contributed by atoms with Crippen LogP contribution in [0.15, 0.2) is 15.9 Å². The molecular formula is C12H16BrNOS. The molecule has 0 bridgehead atoms. The summed E-state index contributed by atoms with van der Waals surface area (Å²) in [7, 11) is 0. The van der Waals surface area contributed by atoms with Crippen LogP contribution in [-0.2, 0) is 0 Å². The predicted molar refractivity (Wildman–Crippen MR) is 71.2 cm³/mol. The highest BCUT2D eigenvalue weighted by molar-refractivity contribution is 9.11. The molecule has 1 aromatic heterocycles. The number of carbonyl (C=O) groups is 1. The SMILES string of the molecule is CC1CCCN(CC(=O)c2ccc(Br)s2)C1. The highest BCUT2D eigenvalue weighted by atomic mass is 79.9. The van der Waals surface area contributed by atoms with Crippen LogP contribution in [0.2, 0.25) is 0 Å². The molecular weight excluding hydrogens is 286 g/mol. The number of Topliss-reactive ketones (excluding diaryl/α,β-unsaturated/α-hetero) is 1. The number of likely N-dealkylation sites (tertiary alicyclic amines) is 1. The molecule has 0 radical (unpaired) electrons. The van der Waals surface area contributed by atoms with Crippen molar-refractivity contribution in [3.63, 3.8) is 0 Å². The van der Waals surface area contributed by atoms with Crippen molar-refractivity contribution < 1.29 is 4.79 Å². The number of rotatable bonds is 3. The summed E-state index contributed by atoms with van der Waals surface area (Å²) in [6, 6.07) is 3.85. The third-order valence-corrected chi connectivity index (χ3v) is 4.62. The predicted octanol–water partition coefficient (Wildman–Crippen LogP) is 3.43. The van der Waals surface area contributed by atoms with Crippen molar-refractivity contribution in [2.45, 2.75) is 19.8 Å². The second-order valence-corrected chi connectivity index (χ2v) is 6.97. The number of thiophene rings is 1. The normalized spacial score (nSPS) is 22.2. The molecule has 0 N–H and O–H groups in total. The molecule has 1 aliphatic heterocycles. The number of hydrogen-bond acceptors (Lipinski definition) is 3. The van der Waals surface area contributed by atoms with Gasteiger partial charge in [0.25, 0.3) is 0 Å². The first-order valence-electron chi connectivity index (χ1n) is 5.66. The van der Waals surface area contributed by atoms with E-state index in [1.165, 1.54) is 24.2 Å².